The summed E-state index contributed by atoms with van der Waals surface area (Å²) in [4.78, 5) is 35.5. The molecule has 2 aromatic carbocycles. The van der Waals surface area contributed by atoms with Crippen molar-refractivity contribution in [2.24, 2.45) is 0 Å². The predicted octanol–water partition coefficient (Wildman–Crippen LogP) is 3.92. The Balaban J connectivity index is 1.94. The molecule has 3 N–H and O–H groups in total. The van der Waals surface area contributed by atoms with Gasteiger partial charge in [-0.05, 0) is 43.7 Å². The van der Waals surface area contributed by atoms with Crippen LogP contribution in [0.4, 0.5) is 11.4 Å². The number of carboxylic acid groups (broad SMARTS) is 1. The molecule has 0 fully saturated rings. The number of nitrogens with one attached hydrogen (secondary N) is 2. The summed E-state index contributed by atoms with van der Waals surface area (Å²) in [7, 11) is 0. The van der Waals surface area contributed by atoms with Crippen LogP contribution >= 0.6 is 11.8 Å². The van der Waals surface area contributed by atoms with Crippen LogP contribution in [-0.2, 0) is 14.4 Å². The van der Waals surface area contributed by atoms with Crippen molar-refractivity contribution in [1.82, 2.24) is 0 Å². The Morgan fingerprint density at radius 3 is 2.48 bits per heavy atom. The number of para-hydroxylation sites is 1. The lowest BCUT2D eigenvalue weighted by Gasteiger charge is -2.14. The van der Waals surface area contributed by atoms with Crippen LogP contribution in [0, 0.1) is 6.92 Å². The van der Waals surface area contributed by atoms with E-state index >= 15 is 0 Å². The zero-order chi connectivity index (χ0) is 19.8. The maximum absolute atomic E-state index is 12.4. The zero-order valence-electron chi connectivity index (χ0n) is 15.2. The normalized spacial score (nSPS) is 11.5. The van der Waals surface area contributed by atoms with Gasteiger partial charge in [0.05, 0.1) is 11.7 Å². The van der Waals surface area contributed by atoms with Crippen LogP contribution < -0.4 is 10.6 Å². The maximum atomic E-state index is 12.4. The minimum atomic E-state index is -1.01. The Morgan fingerprint density at radius 2 is 1.78 bits per heavy atom. The topological polar surface area (TPSA) is 95.5 Å². The number of amides is 2. The number of thioether (sulfide) groups is 1. The molecule has 2 aromatic rings. The number of hydrogen-bond donors (Lipinski definition) is 3. The molecule has 6 nitrogen and oxygen atoms in total. The fourth-order valence-corrected chi connectivity index (χ4v) is 3.22. The molecule has 0 saturated heterocycles. The lowest BCUT2D eigenvalue weighted by Crippen LogP contribution is -2.22. The fraction of sp³-hybridized carbons (Fsp3) is 0.250. The largest absolute Gasteiger partial charge is 0.481 e. The van der Waals surface area contributed by atoms with Gasteiger partial charge >= 0.3 is 5.97 Å². The van der Waals surface area contributed by atoms with Gasteiger partial charge in [-0.25, -0.2) is 0 Å². The first-order valence-electron chi connectivity index (χ1n) is 8.50. The van der Waals surface area contributed by atoms with E-state index in [1.165, 1.54) is 11.8 Å². The van der Waals surface area contributed by atoms with Gasteiger partial charge in [0.25, 0.3) is 0 Å². The van der Waals surface area contributed by atoms with Crippen molar-refractivity contribution in [3.8, 4) is 0 Å². The van der Waals surface area contributed by atoms with Crippen molar-refractivity contribution in [2.75, 3.05) is 10.6 Å². The number of aryl methyl sites for hydroxylation is 1. The molecule has 0 aliphatic rings. The average molecular weight is 386 g/mol. The highest BCUT2D eigenvalue weighted by Gasteiger charge is 2.16. The summed E-state index contributed by atoms with van der Waals surface area (Å²) in [6.07, 6.45) is -0.293. The maximum Gasteiger partial charge on any atom is 0.303 e. The van der Waals surface area contributed by atoms with Gasteiger partial charge in [-0.3, -0.25) is 14.4 Å². The average Bonchev–Trinajstić information content (AvgIpc) is 2.62. The fourth-order valence-electron chi connectivity index (χ4n) is 2.30. The molecule has 0 saturated carbocycles. The number of aliphatic carboxylic acids is 1. The summed E-state index contributed by atoms with van der Waals surface area (Å²) in [6.45, 7) is 3.75. The Kier molecular flexibility index (Phi) is 7.43. The number of benzene rings is 2. The Hall–Kier alpha value is -2.80. The highest BCUT2D eigenvalue weighted by atomic mass is 32.2. The van der Waals surface area contributed by atoms with Gasteiger partial charge in [0, 0.05) is 22.7 Å². The molecule has 0 aliphatic heterocycles. The summed E-state index contributed by atoms with van der Waals surface area (Å²) in [5.74, 6) is -1.47. The van der Waals surface area contributed by atoms with E-state index in [1.54, 1.807) is 18.2 Å². The molecule has 2 amide bonds. The molecule has 0 bridgehead atoms. The first-order chi connectivity index (χ1) is 12.8. The van der Waals surface area contributed by atoms with Crippen molar-refractivity contribution >= 4 is 40.9 Å². The van der Waals surface area contributed by atoms with Gasteiger partial charge < -0.3 is 15.7 Å². The van der Waals surface area contributed by atoms with Crippen LogP contribution in [0.2, 0.25) is 0 Å². The Morgan fingerprint density at radius 1 is 1.04 bits per heavy atom. The first-order valence-corrected chi connectivity index (χ1v) is 9.38. The van der Waals surface area contributed by atoms with Crippen LogP contribution in [0.25, 0.3) is 0 Å². The second kappa shape index (κ2) is 9.78. The molecule has 142 valence electrons. The quantitative estimate of drug-likeness (QED) is 0.598. The lowest BCUT2D eigenvalue weighted by atomic mass is 10.2. The van der Waals surface area contributed by atoms with Crippen LogP contribution in [0.5, 0.6) is 0 Å². The predicted molar refractivity (Wildman–Crippen MR) is 107 cm³/mol. The summed E-state index contributed by atoms with van der Waals surface area (Å²) in [5, 5.41) is 13.9. The third-order valence-electron chi connectivity index (χ3n) is 3.77. The van der Waals surface area contributed by atoms with Crippen molar-refractivity contribution in [3.05, 3.63) is 54.1 Å². The summed E-state index contributed by atoms with van der Waals surface area (Å²) in [6, 6.07) is 14.7. The molecule has 0 radical (unpaired) electrons. The van der Waals surface area contributed by atoms with E-state index in [4.69, 9.17) is 5.11 Å². The molecule has 0 aromatic heterocycles. The molecule has 27 heavy (non-hydrogen) atoms. The third-order valence-corrected chi connectivity index (χ3v) is 4.86. The highest BCUT2D eigenvalue weighted by molar-refractivity contribution is 8.00. The van der Waals surface area contributed by atoms with Gasteiger partial charge in [0.2, 0.25) is 11.8 Å². The summed E-state index contributed by atoms with van der Waals surface area (Å²) in [5.41, 5.74) is 2.35. The molecule has 1 atom stereocenters. The molecule has 0 aliphatic carbocycles. The van der Waals surface area contributed by atoms with Crippen LogP contribution in [0.1, 0.15) is 25.3 Å². The highest BCUT2D eigenvalue weighted by Crippen LogP contribution is 2.27. The van der Waals surface area contributed by atoms with Crippen molar-refractivity contribution in [1.29, 1.82) is 0 Å². The minimum Gasteiger partial charge on any atom is -0.481 e. The zero-order valence-corrected chi connectivity index (χ0v) is 16.0. The molecular weight excluding hydrogens is 364 g/mol. The summed E-state index contributed by atoms with van der Waals surface area (Å²) < 4.78 is 0. The van der Waals surface area contributed by atoms with Gasteiger partial charge in [-0.2, -0.15) is 0 Å². The van der Waals surface area contributed by atoms with E-state index in [2.05, 4.69) is 10.6 Å². The monoisotopic (exact) mass is 386 g/mol. The van der Waals surface area contributed by atoms with E-state index in [-0.39, 0.29) is 29.9 Å². The van der Waals surface area contributed by atoms with Crippen LogP contribution in [0.15, 0.2) is 53.4 Å². The van der Waals surface area contributed by atoms with E-state index < -0.39 is 5.97 Å². The van der Waals surface area contributed by atoms with E-state index in [1.807, 2.05) is 44.2 Å². The van der Waals surface area contributed by atoms with Gasteiger partial charge in [-0.15, -0.1) is 11.8 Å². The minimum absolute atomic E-state index is 0.0814. The van der Waals surface area contributed by atoms with E-state index in [9.17, 15) is 14.4 Å². The molecular formula is C20H22N2O4S. The first kappa shape index (κ1) is 20.5. The molecule has 0 heterocycles. The van der Waals surface area contributed by atoms with Gasteiger partial charge in [0.1, 0.15) is 0 Å². The number of hydrogen-bond acceptors (Lipinski definition) is 4. The van der Waals surface area contributed by atoms with Crippen molar-refractivity contribution < 1.29 is 19.5 Å². The second-order valence-electron chi connectivity index (χ2n) is 6.03. The number of carbonyl (C=O) groups is 3. The number of anilines is 2. The number of rotatable bonds is 8. The Labute approximate surface area is 162 Å². The van der Waals surface area contributed by atoms with Gasteiger partial charge in [-0.1, -0.05) is 24.3 Å². The molecule has 0 spiro atoms. The lowest BCUT2D eigenvalue weighted by molar-refractivity contribution is -0.138. The van der Waals surface area contributed by atoms with Crippen molar-refractivity contribution in [3.63, 3.8) is 0 Å². The van der Waals surface area contributed by atoms with Gasteiger partial charge in [0.15, 0.2) is 0 Å². The smallest absolute Gasteiger partial charge is 0.303 e. The van der Waals surface area contributed by atoms with E-state index in [0.717, 1.165) is 16.1 Å². The van der Waals surface area contributed by atoms with Crippen LogP contribution in [-0.4, -0.2) is 28.1 Å². The standard InChI is InChI=1S/C20H22N2O4S/c1-13-6-3-4-9-17(13)22-20(26)14(2)27-16-8-5-7-15(12-16)21-18(23)10-11-19(24)25/h3-9,12,14H,10-11H2,1-2H3,(H,21,23)(H,22,26)(H,24,25). The third kappa shape index (κ3) is 6.79. The SMILES string of the molecule is Cc1ccccc1NC(=O)C(C)Sc1cccc(NC(=O)CCC(=O)O)c1. The molecule has 1 unspecified atom stereocenters. The molecule has 2 rings (SSSR count). The molecule has 7 heteroatoms. The second-order valence-corrected chi connectivity index (χ2v) is 7.45. The Bertz CT molecular complexity index is 838. The van der Waals surface area contributed by atoms with E-state index in [0.29, 0.717) is 5.69 Å². The van der Waals surface area contributed by atoms with Crippen molar-refractivity contribution in [2.45, 2.75) is 36.8 Å². The number of carboxylic acids is 1. The van der Waals surface area contributed by atoms with Crippen LogP contribution in [0.3, 0.4) is 0 Å². The number of carbonyl (C=O) groups excluding carboxylic acids is 2. The summed E-state index contributed by atoms with van der Waals surface area (Å²) >= 11 is 1.38.